The van der Waals surface area contributed by atoms with E-state index in [2.05, 4.69) is 26.1 Å². The molecule has 0 aliphatic rings. The number of amides is 1. The zero-order valence-electron chi connectivity index (χ0n) is 13.6. The monoisotopic (exact) mass is 311 g/mol. The maximum absolute atomic E-state index is 12.3. The van der Waals surface area contributed by atoms with E-state index in [1.54, 1.807) is 12.1 Å². The molecule has 118 valence electrons. The van der Waals surface area contributed by atoms with Gasteiger partial charge in [0.25, 0.3) is 5.91 Å². The van der Waals surface area contributed by atoms with Crippen molar-refractivity contribution in [1.29, 1.82) is 0 Å². The van der Waals surface area contributed by atoms with Gasteiger partial charge in [-0.2, -0.15) is 0 Å². The molecule has 1 aromatic carbocycles. The van der Waals surface area contributed by atoms with Crippen LogP contribution >= 0.6 is 0 Å². The van der Waals surface area contributed by atoms with Gasteiger partial charge in [0.1, 0.15) is 0 Å². The average Bonchev–Trinajstić information content (AvgIpc) is 2.23. The van der Waals surface area contributed by atoms with Gasteiger partial charge >= 0.3 is 0 Å². The molecule has 0 aromatic heterocycles. The SMILES string of the molecule is CC(C)(C)CC(C)(C)NC(=O)c1cccc(S(C)(=O)=O)c1. The predicted octanol–water partition coefficient (Wildman–Crippen LogP) is 3.03. The summed E-state index contributed by atoms with van der Waals surface area (Å²) in [5.41, 5.74) is 0.0850. The van der Waals surface area contributed by atoms with Gasteiger partial charge in [0.2, 0.25) is 0 Å². The van der Waals surface area contributed by atoms with Gasteiger partial charge in [0.15, 0.2) is 9.84 Å². The number of hydrogen-bond donors (Lipinski definition) is 1. The lowest BCUT2D eigenvalue weighted by Crippen LogP contribution is -2.45. The van der Waals surface area contributed by atoms with Crippen LogP contribution in [0.1, 0.15) is 51.4 Å². The van der Waals surface area contributed by atoms with E-state index in [-0.39, 0.29) is 21.8 Å². The normalized spacial score (nSPS) is 13.0. The van der Waals surface area contributed by atoms with Gasteiger partial charge in [0, 0.05) is 17.4 Å². The van der Waals surface area contributed by atoms with E-state index in [0.717, 1.165) is 12.7 Å². The minimum absolute atomic E-state index is 0.0887. The second-order valence-corrected chi connectivity index (χ2v) is 9.39. The average molecular weight is 311 g/mol. The predicted molar refractivity (Wildman–Crippen MR) is 85.2 cm³/mol. The standard InChI is InChI=1S/C16H25NO3S/c1-15(2,3)11-16(4,5)17-14(18)12-8-7-9-13(10-12)21(6,19)20/h7-10H,11H2,1-6H3,(H,17,18). The van der Waals surface area contributed by atoms with Gasteiger partial charge < -0.3 is 5.32 Å². The summed E-state index contributed by atoms with van der Waals surface area (Å²) in [6, 6.07) is 6.11. The summed E-state index contributed by atoms with van der Waals surface area (Å²) in [5, 5.41) is 2.97. The molecule has 0 fully saturated rings. The molecule has 21 heavy (non-hydrogen) atoms. The van der Waals surface area contributed by atoms with Crippen molar-refractivity contribution >= 4 is 15.7 Å². The third-order valence-electron chi connectivity index (χ3n) is 2.95. The molecular weight excluding hydrogens is 286 g/mol. The van der Waals surface area contributed by atoms with Gasteiger partial charge in [-0.15, -0.1) is 0 Å². The first-order valence-corrected chi connectivity index (χ1v) is 8.82. The molecular formula is C16H25NO3S. The first-order valence-electron chi connectivity index (χ1n) is 6.93. The van der Waals surface area contributed by atoms with Gasteiger partial charge in [-0.05, 0) is 43.9 Å². The molecule has 0 radical (unpaired) electrons. The van der Waals surface area contributed by atoms with Crippen molar-refractivity contribution in [3.05, 3.63) is 29.8 Å². The first-order chi connectivity index (χ1) is 9.30. The van der Waals surface area contributed by atoms with E-state index in [0.29, 0.717) is 5.56 Å². The number of carbonyl (C=O) groups excluding carboxylic acids is 1. The van der Waals surface area contributed by atoms with Crippen molar-refractivity contribution in [1.82, 2.24) is 5.32 Å². The first kappa shape index (κ1) is 17.7. The smallest absolute Gasteiger partial charge is 0.251 e. The highest BCUT2D eigenvalue weighted by Crippen LogP contribution is 2.27. The van der Waals surface area contributed by atoms with Crippen molar-refractivity contribution in [2.45, 2.75) is 51.5 Å². The molecule has 0 heterocycles. The molecule has 0 aliphatic heterocycles. The molecule has 0 unspecified atom stereocenters. The lowest BCUT2D eigenvalue weighted by atomic mass is 9.81. The van der Waals surface area contributed by atoms with E-state index in [1.165, 1.54) is 12.1 Å². The Morgan fingerprint density at radius 3 is 2.19 bits per heavy atom. The number of hydrogen-bond acceptors (Lipinski definition) is 3. The zero-order chi connectivity index (χ0) is 16.5. The summed E-state index contributed by atoms with van der Waals surface area (Å²) in [7, 11) is -3.31. The van der Waals surface area contributed by atoms with Crippen molar-refractivity contribution in [3.8, 4) is 0 Å². The van der Waals surface area contributed by atoms with Crippen LogP contribution < -0.4 is 5.32 Å². The lowest BCUT2D eigenvalue weighted by Gasteiger charge is -2.33. The Bertz CT molecular complexity index is 625. The summed E-state index contributed by atoms with van der Waals surface area (Å²) < 4.78 is 23.1. The Morgan fingerprint density at radius 2 is 1.71 bits per heavy atom. The molecule has 0 atom stereocenters. The van der Waals surface area contributed by atoms with Gasteiger partial charge in [-0.1, -0.05) is 26.8 Å². The fourth-order valence-electron chi connectivity index (χ4n) is 2.62. The van der Waals surface area contributed by atoms with E-state index in [9.17, 15) is 13.2 Å². The summed E-state index contributed by atoms with van der Waals surface area (Å²) in [5.74, 6) is -0.255. The molecule has 0 saturated heterocycles. The van der Waals surface area contributed by atoms with Gasteiger partial charge in [-0.25, -0.2) is 8.42 Å². The van der Waals surface area contributed by atoms with Crippen LogP contribution in [0.3, 0.4) is 0 Å². The fraction of sp³-hybridized carbons (Fsp3) is 0.562. The third-order valence-corrected chi connectivity index (χ3v) is 4.06. The number of carbonyl (C=O) groups is 1. The Morgan fingerprint density at radius 1 is 1.14 bits per heavy atom. The number of rotatable bonds is 4. The maximum atomic E-state index is 12.3. The number of nitrogens with one attached hydrogen (secondary N) is 1. The van der Waals surface area contributed by atoms with E-state index >= 15 is 0 Å². The minimum atomic E-state index is -3.31. The van der Waals surface area contributed by atoms with Crippen molar-refractivity contribution in [2.24, 2.45) is 5.41 Å². The van der Waals surface area contributed by atoms with Crippen molar-refractivity contribution in [2.75, 3.05) is 6.26 Å². The summed E-state index contributed by atoms with van der Waals surface area (Å²) in [6.07, 6.45) is 1.95. The van der Waals surface area contributed by atoms with Crippen LogP contribution in [0.5, 0.6) is 0 Å². The molecule has 1 aromatic rings. The van der Waals surface area contributed by atoms with Crippen molar-refractivity contribution < 1.29 is 13.2 Å². The molecule has 0 aliphatic carbocycles. The van der Waals surface area contributed by atoms with Gasteiger partial charge in [0.05, 0.1) is 4.90 Å². The van der Waals surface area contributed by atoms with Crippen LogP contribution in [0, 0.1) is 5.41 Å². The second-order valence-electron chi connectivity index (χ2n) is 7.38. The molecule has 0 saturated carbocycles. The van der Waals surface area contributed by atoms with Crippen LogP contribution in [0.4, 0.5) is 0 Å². The molecule has 1 rings (SSSR count). The van der Waals surface area contributed by atoms with E-state index in [1.807, 2.05) is 13.8 Å². The molecule has 5 heteroatoms. The molecule has 0 bridgehead atoms. The van der Waals surface area contributed by atoms with E-state index < -0.39 is 9.84 Å². The lowest BCUT2D eigenvalue weighted by molar-refractivity contribution is 0.0891. The van der Waals surface area contributed by atoms with Crippen LogP contribution in [0.15, 0.2) is 29.2 Å². The Hall–Kier alpha value is -1.36. The Balaban J connectivity index is 2.95. The molecule has 4 nitrogen and oxygen atoms in total. The van der Waals surface area contributed by atoms with E-state index in [4.69, 9.17) is 0 Å². The largest absolute Gasteiger partial charge is 0.347 e. The number of sulfone groups is 1. The zero-order valence-corrected chi connectivity index (χ0v) is 14.5. The number of benzene rings is 1. The topological polar surface area (TPSA) is 63.2 Å². The quantitative estimate of drug-likeness (QED) is 0.929. The van der Waals surface area contributed by atoms with Crippen LogP contribution in [0.2, 0.25) is 0 Å². The fourth-order valence-corrected chi connectivity index (χ4v) is 3.28. The van der Waals surface area contributed by atoms with Crippen LogP contribution in [-0.4, -0.2) is 26.1 Å². The van der Waals surface area contributed by atoms with Crippen molar-refractivity contribution in [3.63, 3.8) is 0 Å². The molecule has 1 amide bonds. The highest BCUT2D eigenvalue weighted by molar-refractivity contribution is 7.90. The second kappa shape index (κ2) is 5.79. The Kier molecular flexibility index (Phi) is 4.88. The van der Waals surface area contributed by atoms with Gasteiger partial charge in [-0.3, -0.25) is 4.79 Å². The summed E-state index contributed by atoms with van der Waals surface area (Å²) in [6.45, 7) is 10.3. The minimum Gasteiger partial charge on any atom is -0.347 e. The van der Waals surface area contributed by atoms with Crippen LogP contribution in [-0.2, 0) is 9.84 Å². The highest BCUT2D eigenvalue weighted by Gasteiger charge is 2.27. The summed E-state index contributed by atoms with van der Waals surface area (Å²) >= 11 is 0. The Labute approximate surface area is 127 Å². The highest BCUT2D eigenvalue weighted by atomic mass is 32.2. The summed E-state index contributed by atoms with van der Waals surface area (Å²) in [4.78, 5) is 12.5. The molecule has 1 N–H and O–H groups in total. The van der Waals surface area contributed by atoms with Crippen LogP contribution in [0.25, 0.3) is 0 Å². The maximum Gasteiger partial charge on any atom is 0.251 e. The molecule has 0 spiro atoms. The third kappa shape index (κ3) is 5.87.